The Hall–Kier alpha value is -0.830. The van der Waals surface area contributed by atoms with E-state index >= 15 is 0 Å². The second-order valence-corrected chi connectivity index (χ2v) is 5.21. The molecule has 3 heteroatoms. The number of aliphatic hydroxyl groups excluding tert-OH is 1. The van der Waals surface area contributed by atoms with E-state index in [9.17, 15) is 9.90 Å². The summed E-state index contributed by atoms with van der Waals surface area (Å²) in [6.07, 6.45) is 3.32. The second-order valence-electron chi connectivity index (χ2n) is 5.21. The van der Waals surface area contributed by atoms with Gasteiger partial charge in [0.2, 0.25) is 0 Å². The van der Waals surface area contributed by atoms with Crippen LogP contribution in [0.4, 0.5) is 0 Å². The lowest BCUT2D eigenvalue weighted by Crippen LogP contribution is -2.36. The van der Waals surface area contributed by atoms with Crippen molar-refractivity contribution >= 4 is 5.97 Å². The summed E-state index contributed by atoms with van der Waals surface area (Å²) in [6, 6.07) is 0. The van der Waals surface area contributed by atoms with Crippen LogP contribution in [0.1, 0.15) is 40.0 Å². The zero-order chi connectivity index (χ0) is 11.6. The molecule has 15 heavy (non-hydrogen) atoms. The standard InChI is InChI=1S/C12H20O3/c1-8-4-5-9(10(13)6-8)12(2,3)7-11(14)15/h6,9-10,13H,4-5,7H2,1-3H3,(H,14,15)/t9-,10-/m1/s1. The van der Waals surface area contributed by atoms with Gasteiger partial charge in [0.05, 0.1) is 12.5 Å². The van der Waals surface area contributed by atoms with E-state index in [1.54, 1.807) is 0 Å². The molecule has 0 heterocycles. The topological polar surface area (TPSA) is 57.5 Å². The van der Waals surface area contributed by atoms with E-state index in [0.717, 1.165) is 12.8 Å². The molecular formula is C12H20O3. The van der Waals surface area contributed by atoms with Crippen LogP contribution >= 0.6 is 0 Å². The monoisotopic (exact) mass is 212 g/mol. The summed E-state index contributed by atoms with van der Waals surface area (Å²) in [5.74, 6) is -0.740. The second kappa shape index (κ2) is 4.35. The van der Waals surface area contributed by atoms with Gasteiger partial charge in [-0.05, 0) is 31.1 Å². The van der Waals surface area contributed by atoms with Gasteiger partial charge < -0.3 is 10.2 Å². The van der Waals surface area contributed by atoms with Crippen molar-refractivity contribution in [1.82, 2.24) is 0 Å². The summed E-state index contributed by atoms with van der Waals surface area (Å²) in [4.78, 5) is 10.7. The van der Waals surface area contributed by atoms with Crippen LogP contribution in [0, 0.1) is 11.3 Å². The molecule has 0 aromatic carbocycles. The largest absolute Gasteiger partial charge is 0.481 e. The minimum absolute atomic E-state index is 0.0531. The summed E-state index contributed by atoms with van der Waals surface area (Å²) >= 11 is 0. The molecule has 0 saturated carbocycles. The van der Waals surface area contributed by atoms with E-state index in [1.807, 2.05) is 26.8 Å². The molecule has 1 rings (SSSR count). The molecule has 0 unspecified atom stereocenters. The molecule has 0 spiro atoms. The van der Waals surface area contributed by atoms with Crippen LogP contribution < -0.4 is 0 Å². The van der Waals surface area contributed by atoms with E-state index in [1.165, 1.54) is 5.57 Å². The van der Waals surface area contributed by atoms with Crippen molar-refractivity contribution in [2.45, 2.75) is 46.1 Å². The van der Waals surface area contributed by atoms with Crippen LogP contribution in [0.3, 0.4) is 0 Å². The highest BCUT2D eigenvalue weighted by molar-refractivity contribution is 5.67. The fraction of sp³-hybridized carbons (Fsp3) is 0.750. The summed E-state index contributed by atoms with van der Waals surface area (Å²) in [5, 5.41) is 18.7. The van der Waals surface area contributed by atoms with Crippen molar-refractivity contribution in [1.29, 1.82) is 0 Å². The summed E-state index contributed by atoms with van der Waals surface area (Å²) in [6.45, 7) is 5.84. The highest BCUT2D eigenvalue weighted by atomic mass is 16.4. The van der Waals surface area contributed by atoms with E-state index < -0.39 is 12.1 Å². The molecule has 2 atom stereocenters. The van der Waals surface area contributed by atoms with Gasteiger partial charge in [0.1, 0.15) is 0 Å². The molecule has 2 N–H and O–H groups in total. The van der Waals surface area contributed by atoms with Gasteiger partial charge in [-0.15, -0.1) is 0 Å². The number of rotatable bonds is 3. The van der Waals surface area contributed by atoms with Crippen molar-refractivity contribution in [2.75, 3.05) is 0 Å². The molecule has 0 aromatic rings. The van der Waals surface area contributed by atoms with Crippen LogP contribution in [0.15, 0.2) is 11.6 Å². The minimum Gasteiger partial charge on any atom is -0.481 e. The maximum Gasteiger partial charge on any atom is 0.303 e. The van der Waals surface area contributed by atoms with Crippen molar-refractivity contribution in [3.63, 3.8) is 0 Å². The first kappa shape index (κ1) is 12.2. The van der Waals surface area contributed by atoms with Crippen LogP contribution in [0.2, 0.25) is 0 Å². The predicted octanol–water partition coefficient (Wildman–Crippen LogP) is 2.20. The fourth-order valence-electron chi connectivity index (χ4n) is 2.42. The fourth-order valence-corrected chi connectivity index (χ4v) is 2.42. The van der Waals surface area contributed by atoms with Gasteiger partial charge in [-0.1, -0.05) is 25.5 Å². The molecular weight excluding hydrogens is 192 g/mol. The highest BCUT2D eigenvalue weighted by Gasteiger charge is 2.37. The maximum atomic E-state index is 10.7. The lowest BCUT2D eigenvalue weighted by atomic mass is 9.69. The Balaban J connectivity index is 2.75. The van der Waals surface area contributed by atoms with Gasteiger partial charge in [0, 0.05) is 0 Å². The number of carboxylic acids is 1. The van der Waals surface area contributed by atoms with Crippen LogP contribution in [-0.2, 0) is 4.79 Å². The Morgan fingerprint density at radius 1 is 1.60 bits per heavy atom. The Morgan fingerprint density at radius 2 is 2.20 bits per heavy atom. The molecule has 0 fully saturated rings. The van der Waals surface area contributed by atoms with Crippen molar-refractivity contribution in [2.24, 2.45) is 11.3 Å². The Kier molecular flexibility index (Phi) is 3.55. The average Bonchev–Trinajstić information content (AvgIpc) is 1.99. The van der Waals surface area contributed by atoms with Gasteiger partial charge in [-0.25, -0.2) is 0 Å². The van der Waals surface area contributed by atoms with Crippen molar-refractivity contribution in [3.8, 4) is 0 Å². The zero-order valence-corrected chi connectivity index (χ0v) is 9.66. The molecule has 3 nitrogen and oxygen atoms in total. The number of carboxylic acid groups (broad SMARTS) is 1. The third-order valence-corrected chi connectivity index (χ3v) is 3.33. The van der Waals surface area contributed by atoms with Crippen molar-refractivity contribution < 1.29 is 15.0 Å². The SMILES string of the molecule is CC1=C[C@@H](O)[C@H](C(C)(C)CC(=O)O)CC1. The van der Waals surface area contributed by atoms with E-state index in [4.69, 9.17) is 5.11 Å². The van der Waals surface area contributed by atoms with E-state index in [-0.39, 0.29) is 17.8 Å². The van der Waals surface area contributed by atoms with Crippen molar-refractivity contribution in [3.05, 3.63) is 11.6 Å². The van der Waals surface area contributed by atoms with Gasteiger partial charge in [0.15, 0.2) is 0 Å². The molecule has 0 amide bonds. The Morgan fingerprint density at radius 3 is 2.67 bits per heavy atom. The van der Waals surface area contributed by atoms with Gasteiger partial charge in [-0.3, -0.25) is 4.79 Å². The Labute approximate surface area is 90.8 Å². The molecule has 1 aliphatic carbocycles. The van der Waals surface area contributed by atoms with Gasteiger partial charge in [0.25, 0.3) is 0 Å². The van der Waals surface area contributed by atoms with Crippen LogP contribution in [-0.4, -0.2) is 22.3 Å². The van der Waals surface area contributed by atoms with Gasteiger partial charge >= 0.3 is 5.97 Å². The zero-order valence-electron chi connectivity index (χ0n) is 9.66. The lowest BCUT2D eigenvalue weighted by molar-refractivity contribution is -0.140. The summed E-state index contributed by atoms with van der Waals surface area (Å²) in [7, 11) is 0. The predicted molar refractivity (Wildman–Crippen MR) is 58.5 cm³/mol. The smallest absolute Gasteiger partial charge is 0.303 e. The molecule has 86 valence electrons. The first-order valence-corrected chi connectivity index (χ1v) is 5.40. The first-order chi connectivity index (χ1) is 6.83. The lowest BCUT2D eigenvalue weighted by Gasteiger charge is -2.38. The third kappa shape index (κ3) is 3.06. The molecule has 0 bridgehead atoms. The highest BCUT2D eigenvalue weighted by Crippen LogP contribution is 2.40. The van der Waals surface area contributed by atoms with Crippen LogP contribution in [0.25, 0.3) is 0 Å². The molecule has 1 aliphatic rings. The van der Waals surface area contributed by atoms with E-state index in [0.29, 0.717) is 0 Å². The third-order valence-electron chi connectivity index (χ3n) is 3.33. The summed E-state index contributed by atoms with van der Waals surface area (Å²) in [5.41, 5.74) is 0.854. The molecule has 0 radical (unpaired) electrons. The number of allylic oxidation sites excluding steroid dienone is 1. The number of carbonyl (C=O) groups is 1. The Bertz CT molecular complexity index is 279. The molecule has 0 saturated heterocycles. The number of hydrogen-bond donors (Lipinski definition) is 2. The van der Waals surface area contributed by atoms with E-state index in [2.05, 4.69) is 0 Å². The van der Waals surface area contributed by atoms with Crippen LogP contribution in [0.5, 0.6) is 0 Å². The first-order valence-electron chi connectivity index (χ1n) is 5.40. The number of hydrogen-bond acceptors (Lipinski definition) is 2. The minimum atomic E-state index is -0.793. The normalized spacial score (nSPS) is 27.3. The summed E-state index contributed by atoms with van der Waals surface area (Å²) < 4.78 is 0. The number of aliphatic carboxylic acids is 1. The maximum absolute atomic E-state index is 10.7. The average molecular weight is 212 g/mol. The van der Waals surface area contributed by atoms with Gasteiger partial charge in [-0.2, -0.15) is 0 Å². The quantitative estimate of drug-likeness (QED) is 0.705. The molecule has 0 aliphatic heterocycles. The number of aliphatic hydroxyl groups is 1. The molecule has 0 aromatic heterocycles.